The second-order valence-corrected chi connectivity index (χ2v) is 2.53. The maximum Gasteiger partial charge on any atom is 0.222 e. The Kier molecular flexibility index (Phi) is 1.50. The van der Waals surface area contributed by atoms with Crippen LogP contribution >= 0.6 is 0 Å². The van der Waals surface area contributed by atoms with E-state index in [2.05, 4.69) is 10.2 Å². The van der Waals surface area contributed by atoms with Crippen LogP contribution < -0.4 is 5.73 Å². The average molecular weight is 154 g/mol. The smallest absolute Gasteiger partial charge is 0.222 e. The van der Waals surface area contributed by atoms with Crippen molar-refractivity contribution < 1.29 is 4.74 Å². The molecule has 2 rings (SSSR count). The summed E-state index contributed by atoms with van der Waals surface area (Å²) < 4.78 is 7.15. The van der Waals surface area contributed by atoms with Crippen molar-refractivity contribution in [1.29, 1.82) is 0 Å². The van der Waals surface area contributed by atoms with Crippen LogP contribution in [0.25, 0.3) is 0 Å². The number of nitrogens with zero attached hydrogens (tertiary/aromatic N) is 3. The second-order valence-electron chi connectivity index (χ2n) is 2.53. The van der Waals surface area contributed by atoms with Gasteiger partial charge in [0, 0.05) is 13.2 Å². The van der Waals surface area contributed by atoms with Crippen LogP contribution in [0.15, 0.2) is 0 Å². The number of fused-ring (bicyclic) bond motifs is 1. The molecule has 0 aromatic carbocycles. The zero-order chi connectivity index (χ0) is 7.68. The first-order chi connectivity index (χ1) is 5.38. The summed E-state index contributed by atoms with van der Waals surface area (Å²) in [6, 6.07) is 0. The maximum absolute atomic E-state index is 5.56. The molecule has 0 aliphatic carbocycles. The predicted octanol–water partition coefficient (Wildman–Crippen LogP) is -0.219. The van der Waals surface area contributed by atoms with E-state index in [4.69, 9.17) is 10.5 Å². The Morgan fingerprint density at radius 1 is 1.45 bits per heavy atom. The molecule has 0 unspecified atom stereocenters. The molecule has 0 spiro atoms. The fourth-order valence-electron chi connectivity index (χ4n) is 1.19. The first-order valence-corrected chi connectivity index (χ1v) is 3.63. The molecule has 0 fully saturated rings. The molecule has 2 heterocycles. The van der Waals surface area contributed by atoms with Crippen LogP contribution in [0.3, 0.4) is 0 Å². The largest absolute Gasteiger partial charge is 0.373 e. The summed E-state index contributed by atoms with van der Waals surface area (Å²) in [6.07, 6.45) is 0.981. The Balaban J connectivity index is 2.35. The minimum Gasteiger partial charge on any atom is -0.373 e. The Morgan fingerprint density at radius 2 is 2.36 bits per heavy atom. The Morgan fingerprint density at radius 3 is 3.27 bits per heavy atom. The summed E-state index contributed by atoms with van der Waals surface area (Å²) in [5.41, 5.74) is 5.56. The highest BCUT2D eigenvalue weighted by Gasteiger charge is 2.11. The Labute approximate surface area is 64.2 Å². The number of aromatic nitrogens is 3. The number of rotatable bonds is 0. The van der Waals surface area contributed by atoms with Gasteiger partial charge in [-0.15, -0.1) is 10.2 Å². The molecule has 1 aliphatic rings. The molecule has 5 nitrogen and oxygen atoms in total. The fourth-order valence-corrected chi connectivity index (χ4v) is 1.19. The van der Waals surface area contributed by atoms with Gasteiger partial charge in [-0.2, -0.15) is 0 Å². The molecule has 0 bridgehead atoms. The highest BCUT2D eigenvalue weighted by molar-refractivity contribution is 5.17. The van der Waals surface area contributed by atoms with Crippen LogP contribution in [0.1, 0.15) is 12.2 Å². The zero-order valence-electron chi connectivity index (χ0n) is 6.16. The SMILES string of the molecule is Nc1nnc2n1CCCOC2. The molecular formula is C6H10N4O. The van der Waals surface area contributed by atoms with Gasteiger partial charge in [-0.1, -0.05) is 0 Å². The summed E-state index contributed by atoms with van der Waals surface area (Å²) in [6.45, 7) is 2.18. The first kappa shape index (κ1) is 6.60. The summed E-state index contributed by atoms with van der Waals surface area (Å²) in [7, 11) is 0. The lowest BCUT2D eigenvalue weighted by Crippen LogP contribution is -2.05. The average Bonchev–Trinajstić information content (AvgIpc) is 2.25. The van der Waals surface area contributed by atoms with Crippen molar-refractivity contribution in [1.82, 2.24) is 14.8 Å². The van der Waals surface area contributed by atoms with E-state index >= 15 is 0 Å². The van der Waals surface area contributed by atoms with Crippen LogP contribution in [0, 0.1) is 0 Å². The fraction of sp³-hybridized carbons (Fsp3) is 0.667. The van der Waals surface area contributed by atoms with Gasteiger partial charge in [0.2, 0.25) is 5.95 Å². The maximum atomic E-state index is 5.56. The van der Waals surface area contributed by atoms with E-state index < -0.39 is 0 Å². The standard InChI is InChI=1S/C6H10N4O/c7-6-9-8-5-4-11-3-1-2-10(5)6/h1-4H2,(H2,7,9). The van der Waals surface area contributed by atoms with E-state index in [1.54, 1.807) is 0 Å². The lowest BCUT2D eigenvalue weighted by molar-refractivity contribution is 0.122. The van der Waals surface area contributed by atoms with Crippen molar-refractivity contribution in [2.24, 2.45) is 0 Å². The summed E-state index contributed by atoms with van der Waals surface area (Å²) in [5, 5.41) is 7.63. The van der Waals surface area contributed by atoms with Gasteiger partial charge in [-0.3, -0.25) is 4.57 Å². The molecule has 0 saturated carbocycles. The Hall–Kier alpha value is -1.10. The predicted molar refractivity (Wildman–Crippen MR) is 38.7 cm³/mol. The minimum absolute atomic E-state index is 0.491. The summed E-state index contributed by atoms with van der Waals surface area (Å²) >= 11 is 0. The van der Waals surface area contributed by atoms with Crippen LogP contribution in [0.5, 0.6) is 0 Å². The van der Waals surface area contributed by atoms with Crippen molar-refractivity contribution in [2.45, 2.75) is 19.6 Å². The third kappa shape index (κ3) is 1.07. The number of nitrogen functional groups attached to an aromatic ring is 1. The number of nitrogens with two attached hydrogens (primary N) is 1. The van der Waals surface area contributed by atoms with E-state index in [1.807, 2.05) is 4.57 Å². The molecule has 0 amide bonds. The van der Waals surface area contributed by atoms with E-state index in [-0.39, 0.29) is 0 Å². The van der Waals surface area contributed by atoms with Crippen molar-refractivity contribution in [3.05, 3.63) is 5.82 Å². The van der Waals surface area contributed by atoms with Gasteiger partial charge in [-0.25, -0.2) is 0 Å². The lowest BCUT2D eigenvalue weighted by atomic mass is 10.4. The summed E-state index contributed by atoms with van der Waals surface area (Å²) in [5.74, 6) is 1.32. The molecule has 11 heavy (non-hydrogen) atoms. The van der Waals surface area contributed by atoms with E-state index in [0.717, 1.165) is 25.4 Å². The number of hydrogen-bond acceptors (Lipinski definition) is 4. The molecule has 60 valence electrons. The monoisotopic (exact) mass is 154 g/mol. The summed E-state index contributed by atoms with van der Waals surface area (Å²) in [4.78, 5) is 0. The van der Waals surface area contributed by atoms with Gasteiger partial charge in [-0.05, 0) is 6.42 Å². The van der Waals surface area contributed by atoms with Gasteiger partial charge >= 0.3 is 0 Å². The lowest BCUT2D eigenvalue weighted by Gasteiger charge is -1.99. The highest BCUT2D eigenvalue weighted by Crippen LogP contribution is 2.09. The molecule has 2 N–H and O–H groups in total. The topological polar surface area (TPSA) is 66.0 Å². The molecule has 0 saturated heterocycles. The molecule has 1 aromatic rings. The third-order valence-electron chi connectivity index (χ3n) is 1.76. The molecule has 5 heteroatoms. The van der Waals surface area contributed by atoms with Gasteiger partial charge < -0.3 is 10.5 Å². The van der Waals surface area contributed by atoms with Gasteiger partial charge in [0.1, 0.15) is 6.61 Å². The van der Waals surface area contributed by atoms with Gasteiger partial charge in [0.15, 0.2) is 5.82 Å². The van der Waals surface area contributed by atoms with E-state index in [1.165, 1.54) is 0 Å². The molecule has 1 aliphatic heterocycles. The quantitative estimate of drug-likeness (QED) is 0.561. The second kappa shape index (κ2) is 2.50. The first-order valence-electron chi connectivity index (χ1n) is 3.63. The normalized spacial score (nSPS) is 17.5. The zero-order valence-corrected chi connectivity index (χ0v) is 6.16. The Bertz CT molecular complexity index is 257. The van der Waals surface area contributed by atoms with Crippen molar-refractivity contribution in [3.8, 4) is 0 Å². The molecular weight excluding hydrogens is 144 g/mol. The van der Waals surface area contributed by atoms with Crippen LogP contribution in [0.2, 0.25) is 0 Å². The number of anilines is 1. The minimum atomic E-state index is 0.491. The van der Waals surface area contributed by atoms with Crippen molar-refractivity contribution in [2.75, 3.05) is 12.3 Å². The van der Waals surface area contributed by atoms with Gasteiger partial charge in [0.25, 0.3) is 0 Å². The third-order valence-corrected chi connectivity index (χ3v) is 1.76. The van der Waals surface area contributed by atoms with E-state index in [0.29, 0.717) is 12.6 Å². The van der Waals surface area contributed by atoms with Crippen LogP contribution in [-0.4, -0.2) is 21.4 Å². The van der Waals surface area contributed by atoms with Crippen molar-refractivity contribution >= 4 is 5.95 Å². The molecule has 0 atom stereocenters. The number of ether oxygens (including phenoxy) is 1. The van der Waals surface area contributed by atoms with Gasteiger partial charge in [0.05, 0.1) is 0 Å². The van der Waals surface area contributed by atoms with E-state index in [9.17, 15) is 0 Å². The molecule has 0 radical (unpaired) electrons. The van der Waals surface area contributed by atoms with Crippen LogP contribution in [0.4, 0.5) is 5.95 Å². The van der Waals surface area contributed by atoms with Crippen molar-refractivity contribution in [3.63, 3.8) is 0 Å². The highest BCUT2D eigenvalue weighted by atomic mass is 16.5. The number of hydrogen-bond donors (Lipinski definition) is 1. The molecule has 1 aromatic heterocycles. The van der Waals surface area contributed by atoms with Crippen LogP contribution in [-0.2, 0) is 17.9 Å².